The van der Waals surface area contributed by atoms with Crippen molar-refractivity contribution in [2.75, 3.05) is 13.2 Å². The van der Waals surface area contributed by atoms with Gasteiger partial charge in [-0.3, -0.25) is 4.79 Å². The number of rotatable bonds is 8. The van der Waals surface area contributed by atoms with Crippen LogP contribution < -0.4 is 10.3 Å². The molecule has 0 saturated carbocycles. The molecule has 6 rings (SSSR count). The van der Waals surface area contributed by atoms with Crippen LogP contribution in [0.3, 0.4) is 0 Å². The molecule has 4 heterocycles. The zero-order valence-electron chi connectivity index (χ0n) is 23.6. The van der Waals surface area contributed by atoms with Crippen LogP contribution in [0.25, 0.3) is 22.8 Å². The van der Waals surface area contributed by atoms with Crippen molar-refractivity contribution in [3.05, 3.63) is 105 Å². The van der Waals surface area contributed by atoms with E-state index in [2.05, 4.69) is 20.3 Å². The molecule has 0 unspecified atom stereocenters. The average Bonchev–Trinajstić information content (AvgIpc) is 3.71. The van der Waals surface area contributed by atoms with Crippen LogP contribution in [0.5, 0.6) is 5.88 Å². The van der Waals surface area contributed by atoms with Crippen LogP contribution in [0, 0.1) is 34.2 Å². The number of aromatic amines is 1. The van der Waals surface area contributed by atoms with E-state index in [1.807, 2.05) is 19.9 Å². The lowest BCUT2D eigenvalue weighted by Crippen LogP contribution is -2.27. The molecule has 0 aliphatic carbocycles. The summed E-state index contributed by atoms with van der Waals surface area (Å²) < 4.78 is 63.6. The van der Waals surface area contributed by atoms with Gasteiger partial charge in [-0.2, -0.15) is 10.4 Å². The van der Waals surface area contributed by atoms with Gasteiger partial charge in [0.15, 0.2) is 0 Å². The molecule has 1 aliphatic rings. The predicted molar refractivity (Wildman–Crippen MR) is 150 cm³/mol. The number of H-pyrrole nitrogens is 1. The number of nitrogens with zero attached hydrogens (tertiary/aromatic N) is 5. The summed E-state index contributed by atoms with van der Waals surface area (Å²) >= 11 is 0. The normalized spacial score (nSPS) is 15.8. The Labute approximate surface area is 248 Å². The van der Waals surface area contributed by atoms with E-state index >= 15 is 8.78 Å². The molecule has 13 heteroatoms. The number of pyridine rings is 1. The van der Waals surface area contributed by atoms with E-state index in [4.69, 9.17) is 19.3 Å². The quantitative estimate of drug-likeness (QED) is 0.252. The van der Waals surface area contributed by atoms with Gasteiger partial charge in [-0.05, 0) is 35.9 Å². The highest BCUT2D eigenvalue weighted by Gasteiger charge is 2.40. The van der Waals surface area contributed by atoms with Crippen LogP contribution >= 0.6 is 0 Å². The minimum Gasteiger partial charge on any atom is -0.473 e. The Morgan fingerprint density at radius 3 is 2.59 bits per heavy atom. The number of halogens is 3. The lowest BCUT2D eigenvalue weighted by atomic mass is 9.87. The molecule has 1 saturated heterocycles. The summed E-state index contributed by atoms with van der Waals surface area (Å²) in [6.45, 7) is 4.62. The van der Waals surface area contributed by atoms with Gasteiger partial charge in [-0.25, -0.2) is 18.2 Å². The van der Waals surface area contributed by atoms with Crippen molar-refractivity contribution in [1.82, 2.24) is 24.9 Å². The van der Waals surface area contributed by atoms with Crippen LogP contribution in [-0.2, 0) is 17.8 Å². The molecule has 44 heavy (non-hydrogen) atoms. The Bertz CT molecular complexity index is 1960. The van der Waals surface area contributed by atoms with Crippen LogP contribution in [-0.4, -0.2) is 38.1 Å². The van der Waals surface area contributed by atoms with Gasteiger partial charge in [0, 0.05) is 29.0 Å². The number of hydrogen-bond donors (Lipinski definition) is 1. The van der Waals surface area contributed by atoms with E-state index < -0.39 is 23.0 Å². The minimum absolute atomic E-state index is 0.0300. The summed E-state index contributed by atoms with van der Waals surface area (Å²) in [5.41, 5.74) is -0.362. The Morgan fingerprint density at radius 2 is 1.89 bits per heavy atom. The zero-order valence-corrected chi connectivity index (χ0v) is 23.6. The van der Waals surface area contributed by atoms with E-state index in [1.54, 1.807) is 10.6 Å². The Morgan fingerprint density at radius 1 is 1.07 bits per heavy atom. The van der Waals surface area contributed by atoms with Gasteiger partial charge in [0.2, 0.25) is 17.5 Å². The maximum Gasteiger partial charge on any atom is 0.280 e. The van der Waals surface area contributed by atoms with E-state index in [0.717, 1.165) is 18.2 Å². The van der Waals surface area contributed by atoms with Gasteiger partial charge in [0.05, 0.1) is 42.6 Å². The van der Waals surface area contributed by atoms with Crippen molar-refractivity contribution < 1.29 is 27.2 Å². The van der Waals surface area contributed by atoms with Gasteiger partial charge < -0.3 is 18.6 Å². The third-order valence-electron chi connectivity index (χ3n) is 7.52. The number of nitrogens with one attached hydrogen (secondary N) is 1. The third kappa shape index (κ3) is 5.59. The fraction of sp³-hybridized carbons (Fsp3) is 0.258. The second-order valence-corrected chi connectivity index (χ2v) is 11.1. The second-order valence-electron chi connectivity index (χ2n) is 11.1. The average molecular weight is 603 g/mol. The monoisotopic (exact) mass is 602 g/mol. The van der Waals surface area contributed by atoms with Crippen LogP contribution in [0.1, 0.15) is 42.4 Å². The summed E-state index contributed by atoms with van der Waals surface area (Å²) in [4.78, 5) is 16.0. The Hall–Kier alpha value is -5.22. The number of hydrogen-bond acceptors (Lipinski definition) is 8. The van der Waals surface area contributed by atoms with Gasteiger partial charge >= 0.3 is 0 Å². The first kappa shape index (κ1) is 28.9. The standard InChI is InChI=1S/C31H25F3N6O4/c1-31(2)16-42-15-26(31)40-27(37-38-30(40)25-12-28(41)39-44-25)10-19-9-23(34)20(11-22(19)33)24-4-3-5-29(36-24)43-14-18-7-6-17(13-35)8-21(18)32/h3-9,11-12,26H,10,14-16H2,1-2H3,(H,39,41)/t26-/m0/s1. The van der Waals surface area contributed by atoms with E-state index in [0.29, 0.717) is 19.0 Å². The van der Waals surface area contributed by atoms with Gasteiger partial charge in [-0.15, -0.1) is 10.2 Å². The van der Waals surface area contributed by atoms with Crippen LogP contribution in [0.4, 0.5) is 13.2 Å². The molecule has 224 valence electrons. The van der Waals surface area contributed by atoms with Crippen LogP contribution in [0.15, 0.2) is 63.9 Å². The van der Waals surface area contributed by atoms with Crippen molar-refractivity contribution in [3.8, 4) is 34.8 Å². The SMILES string of the molecule is CC1(C)COC[C@@H]1n1c(Cc2cc(F)c(-c3cccc(OCc4ccc(C#N)cc4F)n3)cc2F)nnc1-c1cc(=O)[nH]o1. The lowest BCUT2D eigenvalue weighted by Gasteiger charge is -2.27. The molecular formula is C31H25F3N6O4. The van der Waals surface area contributed by atoms with E-state index in [9.17, 15) is 9.18 Å². The fourth-order valence-electron chi connectivity index (χ4n) is 5.13. The number of aromatic nitrogens is 5. The molecule has 1 N–H and O–H groups in total. The predicted octanol–water partition coefficient (Wildman–Crippen LogP) is 5.34. The Kier molecular flexibility index (Phi) is 7.52. The molecule has 1 aliphatic heterocycles. The van der Waals surface area contributed by atoms with Gasteiger partial charge in [0.25, 0.3) is 5.56 Å². The first-order valence-electron chi connectivity index (χ1n) is 13.6. The van der Waals surface area contributed by atoms with Crippen molar-refractivity contribution in [2.24, 2.45) is 5.41 Å². The highest BCUT2D eigenvalue weighted by atomic mass is 19.1. The molecule has 0 bridgehead atoms. The largest absolute Gasteiger partial charge is 0.473 e. The molecule has 1 fully saturated rings. The Balaban J connectivity index is 1.27. The molecule has 0 radical (unpaired) electrons. The third-order valence-corrected chi connectivity index (χ3v) is 7.52. The summed E-state index contributed by atoms with van der Waals surface area (Å²) in [7, 11) is 0. The van der Waals surface area contributed by atoms with Crippen molar-refractivity contribution in [2.45, 2.75) is 32.9 Å². The topological polar surface area (TPSA) is 132 Å². The van der Waals surface area contributed by atoms with Crippen molar-refractivity contribution >= 4 is 0 Å². The molecule has 3 aromatic heterocycles. The molecule has 10 nitrogen and oxygen atoms in total. The smallest absolute Gasteiger partial charge is 0.280 e. The number of benzene rings is 2. The zero-order chi connectivity index (χ0) is 31.0. The van der Waals surface area contributed by atoms with Gasteiger partial charge in [0.1, 0.15) is 29.9 Å². The first-order chi connectivity index (χ1) is 21.1. The molecule has 5 aromatic rings. The highest BCUT2D eigenvalue weighted by molar-refractivity contribution is 5.61. The lowest BCUT2D eigenvalue weighted by molar-refractivity contribution is 0.166. The summed E-state index contributed by atoms with van der Waals surface area (Å²) in [6, 6.07) is 13.6. The highest BCUT2D eigenvalue weighted by Crippen LogP contribution is 2.40. The van der Waals surface area contributed by atoms with Crippen molar-refractivity contribution in [1.29, 1.82) is 5.26 Å². The second kappa shape index (κ2) is 11.5. The number of nitriles is 1. The van der Waals surface area contributed by atoms with Crippen molar-refractivity contribution in [3.63, 3.8) is 0 Å². The molecule has 1 atom stereocenters. The van der Waals surface area contributed by atoms with E-state index in [-0.39, 0.29) is 69.9 Å². The summed E-state index contributed by atoms with van der Waals surface area (Å²) in [5, 5.41) is 19.6. The van der Waals surface area contributed by atoms with E-state index in [1.165, 1.54) is 30.3 Å². The molecule has 2 aromatic carbocycles. The number of ether oxygens (including phenoxy) is 2. The maximum absolute atomic E-state index is 15.5. The molecule has 0 spiro atoms. The first-order valence-corrected chi connectivity index (χ1v) is 13.6. The summed E-state index contributed by atoms with van der Waals surface area (Å²) in [5.74, 6) is -1.18. The summed E-state index contributed by atoms with van der Waals surface area (Å²) in [6.07, 6.45) is -0.107. The fourth-order valence-corrected chi connectivity index (χ4v) is 5.13. The maximum atomic E-state index is 15.5. The molecular weight excluding hydrogens is 577 g/mol. The van der Waals surface area contributed by atoms with Crippen LogP contribution in [0.2, 0.25) is 0 Å². The van der Waals surface area contributed by atoms with Gasteiger partial charge in [-0.1, -0.05) is 26.0 Å². The molecule has 0 amide bonds. The minimum atomic E-state index is -0.725.